The van der Waals surface area contributed by atoms with Gasteiger partial charge in [0.1, 0.15) is 0 Å². The van der Waals surface area contributed by atoms with E-state index >= 15 is 0 Å². The molecule has 10 heteroatoms. The van der Waals surface area contributed by atoms with Crippen LogP contribution in [0, 0.1) is 6.92 Å². The fourth-order valence-electron chi connectivity index (χ4n) is 3.06. The van der Waals surface area contributed by atoms with Gasteiger partial charge in [-0.1, -0.05) is 29.5 Å². The van der Waals surface area contributed by atoms with Crippen LogP contribution in [-0.4, -0.2) is 45.4 Å². The number of anilines is 1. The lowest BCUT2D eigenvalue weighted by atomic mass is 10.1. The zero-order valence-electron chi connectivity index (χ0n) is 18.6. The summed E-state index contributed by atoms with van der Waals surface area (Å²) in [5.41, 5.74) is 2.58. The van der Waals surface area contributed by atoms with Crippen molar-refractivity contribution in [2.75, 3.05) is 18.2 Å². The number of esters is 1. The van der Waals surface area contributed by atoms with Gasteiger partial charge in [-0.15, -0.1) is 10.2 Å². The van der Waals surface area contributed by atoms with E-state index in [9.17, 15) is 14.4 Å². The van der Waals surface area contributed by atoms with E-state index in [1.807, 2.05) is 36.6 Å². The van der Waals surface area contributed by atoms with Crippen molar-refractivity contribution in [1.29, 1.82) is 0 Å². The number of methoxy groups -OCH3 is 1. The van der Waals surface area contributed by atoms with Crippen molar-refractivity contribution in [3.05, 3.63) is 71.0 Å². The van der Waals surface area contributed by atoms with Crippen LogP contribution in [0.25, 0.3) is 0 Å². The first-order valence-electron chi connectivity index (χ1n) is 10.3. The lowest BCUT2D eigenvalue weighted by Crippen LogP contribution is -2.25. The normalized spacial score (nSPS) is 10.5. The smallest absolute Gasteiger partial charge is 0.337 e. The zero-order valence-corrected chi connectivity index (χ0v) is 19.4. The van der Waals surface area contributed by atoms with Crippen molar-refractivity contribution in [2.45, 2.75) is 32.1 Å². The SMILES string of the molecule is CCn1c(CNC(=O)c2cccc(C)c2)nnc1SCC(=O)Nc1ccc(C(=O)OC)cc1. The van der Waals surface area contributed by atoms with Crippen LogP contribution < -0.4 is 10.6 Å². The second kappa shape index (κ2) is 11.3. The second-order valence-corrected chi connectivity index (χ2v) is 8.04. The highest BCUT2D eigenvalue weighted by atomic mass is 32.2. The first-order valence-corrected chi connectivity index (χ1v) is 11.3. The van der Waals surface area contributed by atoms with Gasteiger partial charge in [0.15, 0.2) is 11.0 Å². The van der Waals surface area contributed by atoms with Crippen molar-refractivity contribution in [2.24, 2.45) is 0 Å². The van der Waals surface area contributed by atoms with Gasteiger partial charge in [0.05, 0.1) is 25.0 Å². The molecule has 3 aromatic rings. The van der Waals surface area contributed by atoms with Crippen LogP contribution in [0.2, 0.25) is 0 Å². The Labute approximate surface area is 195 Å². The summed E-state index contributed by atoms with van der Waals surface area (Å²) in [6, 6.07) is 13.8. The predicted octanol–water partition coefficient (Wildman–Crippen LogP) is 3.05. The minimum Gasteiger partial charge on any atom is -0.465 e. The molecular formula is C23H25N5O4S. The fraction of sp³-hybridized carbons (Fsp3) is 0.261. The summed E-state index contributed by atoms with van der Waals surface area (Å²) in [7, 11) is 1.31. The molecule has 0 bridgehead atoms. The van der Waals surface area contributed by atoms with Gasteiger partial charge in [0.2, 0.25) is 5.91 Å². The Morgan fingerprint density at radius 3 is 2.48 bits per heavy atom. The molecule has 1 aromatic heterocycles. The van der Waals surface area contributed by atoms with Gasteiger partial charge >= 0.3 is 5.97 Å². The number of aryl methyl sites for hydroxylation is 1. The van der Waals surface area contributed by atoms with Gasteiger partial charge in [-0.25, -0.2) is 4.79 Å². The van der Waals surface area contributed by atoms with Crippen LogP contribution in [0.15, 0.2) is 53.7 Å². The maximum Gasteiger partial charge on any atom is 0.337 e. The van der Waals surface area contributed by atoms with Crippen molar-refractivity contribution in [3.63, 3.8) is 0 Å². The number of hydrogen-bond acceptors (Lipinski definition) is 7. The Kier molecular flexibility index (Phi) is 8.20. The molecule has 172 valence electrons. The van der Waals surface area contributed by atoms with Crippen LogP contribution in [0.4, 0.5) is 5.69 Å². The van der Waals surface area contributed by atoms with E-state index in [2.05, 4.69) is 25.6 Å². The Morgan fingerprint density at radius 2 is 1.82 bits per heavy atom. The van der Waals surface area contributed by atoms with E-state index < -0.39 is 5.97 Å². The Hall–Kier alpha value is -3.66. The minimum absolute atomic E-state index is 0.131. The van der Waals surface area contributed by atoms with Crippen LogP contribution in [0.5, 0.6) is 0 Å². The summed E-state index contributed by atoms with van der Waals surface area (Å²) in [6.07, 6.45) is 0. The molecule has 0 atom stereocenters. The lowest BCUT2D eigenvalue weighted by Gasteiger charge is -2.09. The third kappa shape index (κ3) is 6.42. The minimum atomic E-state index is -0.437. The van der Waals surface area contributed by atoms with Crippen molar-refractivity contribution in [3.8, 4) is 0 Å². The standard InChI is InChI=1S/C23H25N5O4S/c1-4-28-19(13-24-21(30)17-7-5-6-15(2)12-17)26-27-23(28)33-14-20(29)25-18-10-8-16(9-11-18)22(31)32-3/h5-12H,4,13-14H2,1-3H3,(H,24,30)(H,25,29). The van der Waals surface area contributed by atoms with Gasteiger partial charge < -0.3 is 19.9 Å². The molecule has 2 aromatic carbocycles. The third-order valence-electron chi connectivity index (χ3n) is 4.72. The number of nitrogens with one attached hydrogen (secondary N) is 2. The molecule has 0 spiro atoms. The maximum absolute atomic E-state index is 12.4. The van der Waals surface area contributed by atoms with Crippen LogP contribution in [0.3, 0.4) is 0 Å². The van der Waals surface area contributed by atoms with Gasteiger partial charge in [-0.05, 0) is 50.2 Å². The Bertz CT molecular complexity index is 1140. The average molecular weight is 468 g/mol. The molecule has 0 aliphatic rings. The topological polar surface area (TPSA) is 115 Å². The fourth-order valence-corrected chi connectivity index (χ4v) is 3.88. The number of hydrogen-bond donors (Lipinski definition) is 2. The van der Waals surface area contributed by atoms with E-state index in [-0.39, 0.29) is 24.1 Å². The third-order valence-corrected chi connectivity index (χ3v) is 5.69. The summed E-state index contributed by atoms with van der Waals surface area (Å²) in [5, 5.41) is 14.6. The molecule has 0 aliphatic carbocycles. The molecule has 0 fully saturated rings. The Balaban J connectivity index is 1.54. The molecular weight excluding hydrogens is 442 g/mol. The summed E-state index contributed by atoms with van der Waals surface area (Å²) in [6.45, 7) is 4.71. The summed E-state index contributed by atoms with van der Waals surface area (Å²) < 4.78 is 6.52. The van der Waals surface area contributed by atoms with E-state index in [1.165, 1.54) is 18.9 Å². The van der Waals surface area contributed by atoms with Crippen LogP contribution in [0.1, 0.15) is 39.0 Å². The monoisotopic (exact) mass is 467 g/mol. The summed E-state index contributed by atoms with van der Waals surface area (Å²) in [5.74, 6) is -0.0954. The van der Waals surface area contributed by atoms with Crippen LogP contribution >= 0.6 is 11.8 Å². The number of amides is 2. The summed E-state index contributed by atoms with van der Waals surface area (Å²) in [4.78, 5) is 36.2. The number of carbonyl (C=O) groups is 3. The highest BCUT2D eigenvalue weighted by Gasteiger charge is 2.15. The lowest BCUT2D eigenvalue weighted by molar-refractivity contribution is -0.113. The number of rotatable bonds is 9. The van der Waals surface area contributed by atoms with Gasteiger partial charge in [-0.2, -0.15) is 0 Å². The molecule has 1 heterocycles. The highest BCUT2D eigenvalue weighted by molar-refractivity contribution is 7.99. The summed E-state index contributed by atoms with van der Waals surface area (Å²) >= 11 is 1.25. The maximum atomic E-state index is 12.4. The number of aromatic nitrogens is 3. The molecule has 33 heavy (non-hydrogen) atoms. The molecule has 0 saturated heterocycles. The number of benzene rings is 2. The first kappa shape index (κ1) is 24.0. The van der Waals surface area contributed by atoms with Crippen molar-refractivity contribution >= 4 is 35.2 Å². The first-order chi connectivity index (χ1) is 15.9. The molecule has 0 aliphatic heterocycles. The quantitative estimate of drug-likeness (QED) is 0.367. The largest absolute Gasteiger partial charge is 0.465 e. The van der Waals surface area contributed by atoms with Gasteiger partial charge in [0.25, 0.3) is 5.91 Å². The van der Waals surface area contributed by atoms with Crippen LogP contribution in [-0.2, 0) is 22.6 Å². The van der Waals surface area contributed by atoms with E-state index in [4.69, 9.17) is 0 Å². The van der Waals surface area contributed by atoms with E-state index in [1.54, 1.807) is 30.3 Å². The van der Waals surface area contributed by atoms with Crippen molar-refractivity contribution < 1.29 is 19.1 Å². The average Bonchev–Trinajstić information content (AvgIpc) is 3.23. The molecule has 0 saturated carbocycles. The molecule has 9 nitrogen and oxygen atoms in total. The number of nitrogens with zero attached hydrogens (tertiary/aromatic N) is 3. The van der Waals surface area contributed by atoms with E-state index in [0.29, 0.717) is 34.3 Å². The molecule has 2 N–H and O–H groups in total. The Morgan fingerprint density at radius 1 is 1.06 bits per heavy atom. The number of ether oxygens (including phenoxy) is 1. The second-order valence-electron chi connectivity index (χ2n) is 7.10. The number of thioether (sulfide) groups is 1. The highest BCUT2D eigenvalue weighted by Crippen LogP contribution is 2.18. The van der Waals surface area contributed by atoms with E-state index in [0.717, 1.165) is 5.56 Å². The zero-order chi connectivity index (χ0) is 23.8. The molecule has 0 radical (unpaired) electrons. The number of carbonyl (C=O) groups excluding carboxylic acids is 3. The van der Waals surface area contributed by atoms with Gasteiger partial charge in [0, 0.05) is 17.8 Å². The molecule has 0 unspecified atom stereocenters. The predicted molar refractivity (Wildman–Crippen MR) is 125 cm³/mol. The molecule has 2 amide bonds. The van der Waals surface area contributed by atoms with Gasteiger partial charge in [-0.3, -0.25) is 9.59 Å². The molecule has 3 rings (SSSR count). The van der Waals surface area contributed by atoms with Crippen molar-refractivity contribution in [1.82, 2.24) is 20.1 Å².